The maximum absolute atomic E-state index is 11.7. The summed E-state index contributed by atoms with van der Waals surface area (Å²) in [6.45, 7) is 0.133. The highest BCUT2D eigenvalue weighted by atomic mass is 16.5. The molecule has 0 bridgehead atoms. The molecule has 2 aromatic rings. The first kappa shape index (κ1) is 17.0. The van der Waals surface area contributed by atoms with E-state index in [0.717, 1.165) is 12.0 Å². The van der Waals surface area contributed by atoms with Crippen LogP contribution in [0, 0.1) is 0 Å². The average molecular weight is 341 g/mol. The molecule has 0 spiro atoms. The second-order valence-electron chi connectivity index (χ2n) is 5.73. The molecule has 0 saturated heterocycles. The van der Waals surface area contributed by atoms with Crippen molar-refractivity contribution >= 4 is 12.1 Å². The number of benzene rings is 2. The first-order valence-electron chi connectivity index (χ1n) is 8.04. The van der Waals surface area contributed by atoms with Crippen LogP contribution in [0.4, 0.5) is 4.79 Å². The Morgan fingerprint density at radius 3 is 2.72 bits per heavy atom. The number of carbonyl (C=O) groups is 2. The Morgan fingerprint density at radius 1 is 1.08 bits per heavy atom. The highest BCUT2D eigenvalue weighted by Gasteiger charge is 2.20. The molecule has 6 heteroatoms. The Balaban J connectivity index is 1.52. The highest BCUT2D eigenvalue weighted by Crippen LogP contribution is 2.38. The number of nitrogens with one attached hydrogen (secondary N) is 1. The van der Waals surface area contributed by atoms with Crippen molar-refractivity contribution in [3.05, 3.63) is 59.2 Å². The Hall–Kier alpha value is -2.86. The predicted molar refractivity (Wildman–Crippen MR) is 91.3 cm³/mol. The number of carbonyl (C=O) groups excluding carboxylic acids is 1. The first-order chi connectivity index (χ1) is 12.1. The standard InChI is InChI=1S/C19H19NO5/c21-18(22)12-24-9-8-20-19(23)25-11-14-5-3-7-16-15-6-2-1-4-13(15)10-17(14)16/h1-7H,8-12H2,(H,20,23)(H,21,22). The summed E-state index contributed by atoms with van der Waals surface area (Å²) >= 11 is 0. The van der Waals surface area contributed by atoms with Crippen LogP contribution in [0.1, 0.15) is 16.7 Å². The number of aliphatic carboxylic acids is 1. The van der Waals surface area contributed by atoms with Crippen molar-refractivity contribution in [2.75, 3.05) is 19.8 Å². The lowest BCUT2D eigenvalue weighted by Crippen LogP contribution is -2.28. The minimum Gasteiger partial charge on any atom is -0.480 e. The third kappa shape index (κ3) is 4.16. The Labute approximate surface area is 145 Å². The summed E-state index contributed by atoms with van der Waals surface area (Å²) in [7, 11) is 0. The molecule has 2 aromatic carbocycles. The Bertz CT molecular complexity index is 787. The number of amides is 1. The SMILES string of the molecule is O=C(O)COCCNC(=O)OCc1cccc2c1Cc1ccccc1-2. The lowest BCUT2D eigenvalue weighted by Gasteiger charge is -2.10. The van der Waals surface area contributed by atoms with Gasteiger partial charge in [0.25, 0.3) is 0 Å². The first-order valence-corrected chi connectivity index (χ1v) is 8.04. The maximum atomic E-state index is 11.7. The van der Waals surface area contributed by atoms with Crippen LogP contribution < -0.4 is 5.32 Å². The third-order valence-electron chi connectivity index (χ3n) is 4.05. The molecule has 3 rings (SSSR count). The highest BCUT2D eigenvalue weighted by molar-refractivity contribution is 5.78. The van der Waals surface area contributed by atoms with Crippen molar-refractivity contribution in [2.24, 2.45) is 0 Å². The van der Waals surface area contributed by atoms with Gasteiger partial charge in [-0.1, -0.05) is 42.5 Å². The molecule has 1 aliphatic carbocycles. The van der Waals surface area contributed by atoms with Crippen molar-refractivity contribution in [3.8, 4) is 11.1 Å². The summed E-state index contributed by atoms with van der Waals surface area (Å²) in [5.74, 6) is -1.04. The third-order valence-corrected chi connectivity index (χ3v) is 4.05. The molecule has 0 unspecified atom stereocenters. The van der Waals surface area contributed by atoms with Crippen molar-refractivity contribution < 1.29 is 24.2 Å². The van der Waals surface area contributed by atoms with Crippen molar-refractivity contribution in [2.45, 2.75) is 13.0 Å². The van der Waals surface area contributed by atoms with Crippen LogP contribution in [-0.4, -0.2) is 36.9 Å². The number of alkyl carbamates (subject to hydrolysis) is 1. The van der Waals surface area contributed by atoms with E-state index in [2.05, 4.69) is 23.5 Å². The summed E-state index contributed by atoms with van der Waals surface area (Å²) in [5, 5.41) is 11.0. The minimum atomic E-state index is -1.04. The molecule has 0 aliphatic heterocycles. The van der Waals surface area contributed by atoms with Crippen LogP contribution >= 0.6 is 0 Å². The Kier molecular flexibility index (Phi) is 5.30. The van der Waals surface area contributed by atoms with Gasteiger partial charge in [0.05, 0.1) is 6.61 Å². The van der Waals surface area contributed by atoms with Crippen molar-refractivity contribution in [3.63, 3.8) is 0 Å². The van der Waals surface area contributed by atoms with Gasteiger partial charge in [0, 0.05) is 6.54 Å². The molecule has 6 nitrogen and oxygen atoms in total. The summed E-state index contributed by atoms with van der Waals surface area (Å²) in [6.07, 6.45) is 0.294. The van der Waals surface area contributed by atoms with E-state index in [9.17, 15) is 9.59 Å². The van der Waals surface area contributed by atoms with E-state index in [1.807, 2.05) is 24.3 Å². The molecule has 0 atom stereocenters. The van der Waals surface area contributed by atoms with E-state index in [-0.39, 0.29) is 26.4 Å². The molecule has 2 N–H and O–H groups in total. The van der Waals surface area contributed by atoms with Gasteiger partial charge in [-0.3, -0.25) is 0 Å². The number of fused-ring (bicyclic) bond motifs is 3. The fourth-order valence-corrected chi connectivity index (χ4v) is 2.94. The number of carboxylic acids is 1. The van der Waals surface area contributed by atoms with E-state index in [4.69, 9.17) is 14.6 Å². The lowest BCUT2D eigenvalue weighted by atomic mass is 10.0. The van der Waals surface area contributed by atoms with Crippen LogP contribution in [0.25, 0.3) is 11.1 Å². The van der Waals surface area contributed by atoms with E-state index in [1.165, 1.54) is 22.3 Å². The van der Waals surface area contributed by atoms with Crippen molar-refractivity contribution in [1.82, 2.24) is 5.32 Å². The zero-order chi connectivity index (χ0) is 17.6. The number of carboxylic acid groups (broad SMARTS) is 1. The molecule has 0 heterocycles. The monoisotopic (exact) mass is 341 g/mol. The maximum Gasteiger partial charge on any atom is 0.407 e. The van der Waals surface area contributed by atoms with Gasteiger partial charge in [-0.2, -0.15) is 0 Å². The minimum absolute atomic E-state index is 0.122. The fraction of sp³-hybridized carbons (Fsp3) is 0.263. The predicted octanol–water partition coefficient (Wildman–Crippen LogP) is 2.59. The summed E-state index contributed by atoms with van der Waals surface area (Å²) in [6, 6.07) is 14.3. The molecule has 1 amide bonds. The molecular weight excluding hydrogens is 322 g/mol. The van der Waals surface area contributed by atoms with Gasteiger partial charge in [0.1, 0.15) is 13.2 Å². The number of hydrogen-bond donors (Lipinski definition) is 2. The summed E-state index contributed by atoms with van der Waals surface area (Å²) < 4.78 is 10.1. The van der Waals surface area contributed by atoms with E-state index in [1.54, 1.807) is 0 Å². The topological polar surface area (TPSA) is 84.9 Å². The quantitative estimate of drug-likeness (QED) is 0.645. The van der Waals surface area contributed by atoms with Crippen LogP contribution in [0.2, 0.25) is 0 Å². The number of rotatable bonds is 7. The molecule has 0 aromatic heterocycles. The molecule has 0 radical (unpaired) electrons. The summed E-state index contributed by atoms with van der Waals surface area (Å²) in [5.41, 5.74) is 5.90. The van der Waals surface area contributed by atoms with E-state index >= 15 is 0 Å². The normalized spacial score (nSPS) is 11.5. The zero-order valence-electron chi connectivity index (χ0n) is 13.7. The van der Waals surface area contributed by atoms with Crippen molar-refractivity contribution in [1.29, 1.82) is 0 Å². The van der Waals surface area contributed by atoms with Gasteiger partial charge < -0.3 is 19.9 Å². The molecule has 0 saturated carbocycles. The van der Waals surface area contributed by atoms with E-state index in [0.29, 0.717) is 0 Å². The van der Waals surface area contributed by atoms with Gasteiger partial charge in [0.2, 0.25) is 0 Å². The Morgan fingerprint density at radius 2 is 1.88 bits per heavy atom. The average Bonchev–Trinajstić information content (AvgIpc) is 2.98. The second kappa shape index (κ2) is 7.81. The molecule has 1 aliphatic rings. The smallest absolute Gasteiger partial charge is 0.407 e. The van der Waals surface area contributed by atoms with Gasteiger partial charge in [0.15, 0.2) is 0 Å². The zero-order valence-corrected chi connectivity index (χ0v) is 13.7. The van der Waals surface area contributed by atoms with Crippen LogP contribution in [-0.2, 0) is 27.3 Å². The van der Waals surface area contributed by atoms with E-state index < -0.39 is 12.1 Å². The van der Waals surface area contributed by atoms with Gasteiger partial charge >= 0.3 is 12.1 Å². The fourth-order valence-electron chi connectivity index (χ4n) is 2.94. The lowest BCUT2D eigenvalue weighted by molar-refractivity contribution is -0.142. The number of ether oxygens (including phenoxy) is 2. The summed E-state index contributed by atoms with van der Waals surface area (Å²) in [4.78, 5) is 22.0. The van der Waals surface area contributed by atoms with Crippen LogP contribution in [0.5, 0.6) is 0 Å². The molecule has 0 fully saturated rings. The van der Waals surface area contributed by atoms with Crippen LogP contribution in [0.15, 0.2) is 42.5 Å². The largest absolute Gasteiger partial charge is 0.480 e. The van der Waals surface area contributed by atoms with Gasteiger partial charge in [-0.25, -0.2) is 9.59 Å². The molecule has 25 heavy (non-hydrogen) atoms. The van der Waals surface area contributed by atoms with Crippen LogP contribution in [0.3, 0.4) is 0 Å². The molecule has 130 valence electrons. The van der Waals surface area contributed by atoms with Gasteiger partial charge in [-0.05, 0) is 34.2 Å². The second-order valence-corrected chi connectivity index (χ2v) is 5.73. The van der Waals surface area contributed by atoms with Gasteiger partial charge in [-0.15, -0.1) is 0 Å². The molecular formula is C19H19NO5. The number of hydrogen-bond acceptors (Lipinski definition) is 4.